The number of halogens is 1. The van der Waals surface area contributed by atoms with Crippen LogP contribution in [0.25, 0.3) is 10.2 Å². The maximum atomic E-state index is 13.0. The van der Waals surface area contributed by atoms with Crippen molar-refractivity contribution < 1.29 is 17.9 Å². The first-order chi connectivity index (χ1) is 15.4. The molecule has 0 saturated carbocycles. The molecule has 1 amide bonds. The van der Waals surface area contributed by atoms with Crippen LogP contribution < -0.4 is 4.80 Å². The predicted octanol–water partition coefficient (Wildman–Crippen LogP) is 3.98. The van der Waals surface area contributed by atoms with Crippen LogP contribution in [0, 0.1) is 5.92 Å². The fourth-order valence-corrected chi connectivity index (χ4v) is 7.88. The van der Waals surface area contributed by atoms with Crippen molar-refractivity contribution in [2.24, 2.45) is 10.9 Å². The molecule has 0 radical (unpaired) electrons. The average molecular weight is 514 g/mol. The molecule has 1 aliphatic heterocycles. The lowest BCUT2D eigenvalue weighted by atomic mass is 9.98. The Hall–Kier alpha value is -1.56. The van der Waals surface area contributed by atoms with Crippen molar-refractivity contribution in [2.75, 3.05) is 26.3 Å². The van der Waals surface area contributed by atoms with E-state index in [4.69, 9.17) is 16.3 Å². The summed E-state index contributed by atoms with van der Waals surface area (Å²) in [6.07, 6.45) is 0.898. The number of benzene rings is 1. The molecule has 4 rings (SSSR count). The van der Waals surface area contributed by atoms with E-state index in [1.165, 1.54) is 21.7 Å². The van der Waals surface area contributed by atoms with Crippen molar-refractivity contribution in [1.29, 1.82) is 0 Å². The minimum Gasteiger partial charge on any atom is -0.380 e. The topological polar surface area (TPSA) is 81.0 Å². The van der Waals surface area contributed by atoms with Crippen LogP contribution in [0.2, 0.25) is 4.34 Å². The first kappa shape index (κ1) is 23.6. The fourth-order valence-electron chi connectivity index (χ4n) is 3.71. The molecular weight excluding hydrogens is 490 g/mol. The largest absolute Gasteiger partial charge is 0.380 e. The number of aromatic nitrogens is 1. The smallest absolute Gasteiger partial charge is 0.252 e. The van der Waals surface area contributed by atoms with Crippen molar-refractivity contribution in [1.82, 2.24) is 8.87 Å². The van der Waals surface area contributed by atoms with E-state index < -0.39 is 10.0 Å². The molecule has 0 N–H and O–H groups in total. The van der Waals surface area contributed by atoms with Gasteiger partial charge in [0.25, 0.3) is 15.9 Å². The highest BCUT2D eigenvalue weighted by atomic mass is 35.5. The van der Waals surface area contributed by atoms with Gasteiger partial charge in [-0.1, -0.05) is 35.1 Å². The van der Waals surface area contributed by atoms with Gasteiger partial charge < -0.3 is 9.30 Å². The molecule has 3 heterocycles. The van der Waals surface area contributed by atoms with Crippen LogP contribution in [0.5, 0.6) is 0 Å². The molecule has 0 aliphatic carbocycles. The van der Waals surface area contributed by atoms with Crippen LogP contribution in [0.4, 0.5) is 0 Å². The van der Waals surface area contributed by atoms with Gasteiger partial charge in [-0.15, -0.1) is 11.3 Å². The number of sulfonamides is 1. The number of rotatable bonds is 7. The fraction of sp³-hybridized carbons (Fsp3) is 0.429. The number of thiophene rings is 1. The quantitative estimate of drug-likeness (QED) is 0.447. The van der Waals surface area contributed by atoms with E-state index in [9.17, 15) is 13.2 Å². The van der Waals surface area contributed by atoms with Gasteiger partial charge in [-0.25, -0.2) is 8.42 Å². The van der Waals surface area contributed by atoms with Gasteiger partial charge >= 0.3 is 0 Å². The standard InChI is InChI=1S/C21H24ClN3O4S3/c1-2-29-14-13-25-16-5-3-4-6-17(16)30-21(25)23-20(26)15-9-11-24(12-10-15)32(27,28)19-8-7-18(22)31-19/h3-8,15H,2,9-14H2,1H3. The second kappa shape index (κ2) is 10.1. The molecule has 1 saturated heterocycles. The van der Waals surface area contributed by atoms with Gasteiger partial charge in [-0.3, -0.25) is 4.79 Å². The molecule has 0 bridgehead atoms. The lowest BCUT2D eigenvalue weighted by Gasteiger charge is -2.29. The van der Waals surface area contributed by atoms with Gasteiger partial charge in [-0.2, -0.15) is 9.30 Å². The van der Waals surface area contributed by atoms with Crippen LogP contribution in [0.1, 0.15) is 19.8 Å². The summed E-state index contributed by atoms with van der Waals surface area (Å²) in [5, 5.41) is 0. The molecule has 1 aromatic carbocycles. The number of ether oxygens (including phenoxy) is 1. The van der Waals surface area contributed by atoms with Crippen molar-refractivity contribution in [3.63, 3.8) is 0 Å². The second-order valence-electron chi connectivity index (χ2n) is 7.39. The van der Waals surface area contributed by atoms with Gasteiger partial charge in [0.1, 0.15) is 4.21 Å². The van der Waals surface area contributed by atoms with Gasteiger partial charge in [0.05, 0.1) is 21.2 Å². The first-order valence-electron chi connectivity index (χ1n) is 10.4. The molecule has 0 spiro atoms. The summed E-state index contributed by atoms with van der Waals surface area (Å²) in [6, 6.07) is 11.1. The molecule has 1 fully saturated rings. The third kappa shape index (κ3) is 5.00. The number of carbonyl (C=O) groups excluding carboxylic acids is 1. The molecule has 32 heavy (non-hydrogen) atoms. The summed E-state index contributed by atoms with van der Waals surface area (Å²) in [6.45, 7) is 4.32. The van der Waals surface area contributed by atoms with E-state index in [-0.39, 0.29) is 16.0 Å². The predicted molar refractivity (Wildman–Crippen MR) is 128 cm³/mol. The Bertz CT molecular complexity index is 1270. The Balaban J connectivity index is 1.50. The number of amides is 1. The maximum absolute atomic E-state index is 13.0. The highest BCUT2D eigenvalue weighted by molar-refractivity contribution is 7.91. The molecular formula is C21H24ClN3O4S3. The van der Waals surface area contributed by atoms with Crippen LogP contribution in [-0.4, -0.2) is 49.5 Å². The van der Waals surface area contributed by atoms with Crippen LogP contribution in [0.15, 0.2) is 45.6 Å². The van der Waals surface area contributed by atoms with E-state index in [2.05, 4.69) is 4.99 Å². The number of fused-ring (bicyclic) bond motifs is 1. The summed E-state index contributed by atoms with van der Waals surface area (Å²) in [5.74, 6) is -0.489. The zero-order valence-electron chi connectivity index (χ0n) is 17.6. The summed E-state index contributed by atoms with van der Waals surface area (Å²) in [5.41, 5.74) is 1.03. The van der Waals surface area contributed by atoms with Gasteiger partial charge in [0.15, 0.2) is 4.80 Å². The third-order valence-electron chi connectivity index (χ3n) is 5.40. The molecule has 7 nitrogen and oxygen atoms in total. The summed E-state index contributed by atoms with van der Waals surface area (Å²) in [7, 11) is -3.58. The monoisotopic (exact) mass is 513 g/mol. The van der Waals surface area contributed by atoms with Crippen molar-refractivity contribution in [2.45, 2.75) is 30.5 Å². The number of hydrogen-bond donors (Lipinski definition) is 0. The number of piperidine rings is 1. The van der Waals surface area contributed by atoms with Crippen LogP contribution >= 0.6 is 34.3 Å². The normalized spacial score (nSPS) is 16.8. The van der Waals surface area contributed by atoms with E-state index in [1.807, 2.05) is 35.8 Å². The van der Waals surface area contributed by atoms with E-state index in [0.717, 1.165) is 21.6 Å². The Morgan fingerprint density at radius 3 is 2.62 bits per heavy atom. The summed E-state index contributed by atoms with van der Waals surface area (Å²) >= 11 is 8.43. The Kier molecular flexibility index (Phi) is 7.48. The zero-order chi connectivity index (χ0) is 22.7. The van der Waals surface area contributed by atoms with Gasteiger partial charge in [0, 0.05) is 32.2 Å². The van der Waals surface area contributed by atoms with Crippen LogP contribution in [0.3, 0.4) is 0 Å². The minimum atomic E-state index is -3.58. The average Bonchev–Trinajstić information content (AvgIpc) is 3.38. The molecule has 0 atom stereocenters. The van der Waals surface area contributed by atoms with E-state index in [1.54, 1.807) is 6.07 Å². The number of para-hydroxylation sites is 1. The first-order valence-corrected chi connectivity index (χ1v) is 13.9. The number of thiazole rings is 1. The number of carbonyl (C=O) groups is 1. The molecule has 11 heteroatoms. The SMILES string of the molecule is CCOCCn1c(=NC(=O)C2CCN(S(=O)(=O)c3ccc(Cl)s3)CC2)sc2ccccc21. The zero-order valence-corrected chi connectivity index (χ0v) is 20.8. The number of nitrogens with zero attached hydrogens (tertiary/aromatic N) is 3. The molecule has 0 unspecified atom stereocenters. The van der Waals surface area contributed by atoms with E-state index >= 15 is 0 Å². The Morgan fingerprint density at radius 2 is 1.94 bits per heavy atom. The van der Waals surface area contributed by atoms with E-state index in [0.29, 0.717) is 54.8 Å². The second-order valence-corrected chi connectivity index (χ2v) is 12.3. The third-order valence-corrected chi connectivity index (χ3v) is 10.1. The molecule has 1 aliphatic rings. The van der Waals surface area contributed by atoms with Crippen molar-refractivity contribution in [3.05, 3.63) is 45.5 Å². The maximum Gasteiger partial charge on any atom is 0.252 e. The molecule has 2 aromatic heterocycles. The Labute approximate surface area is 200 Å². The highest BCUT2D eigenvalue weighted by Gasteiger charge is 2.33. The van der Waals surface area contributed by atoms with Gasteiger partial charge in [-0.05, 0) is 44.0 Å². The van der Waals surface area contributed by atoms with Crippen LogP contribution in [-0.2, 0) is 26.1 Å². The summed E-state index contributed by atoms with van der Waals surface area (Å²) in [4.78, 5) is 18.1. The lowest BCUT2D eigenvalue weighted by Crippen LogP contribution is -2.40. The van der Waals surface area contributed by atoms with Gasteiger partial charge in [0.2, 0.25) is 0 Å². The minimum absolute atomic E-state index is 0.196. The molecule has 3 aromatic rings. The molecule has 172 valence electrons. The Morgan fingerprint density at radius 1 is 1.19 bits per heavy atom. The van der Waals surface area contributed by atoms with Crippen molar-refractivity contribution >= 4 is 60.4 Å². The van der Waals surface area contributed by atoms with Crippen molar-refractivity contribution in [3.8, 4) is 0 Å². The summed E-state index contributed by atoms with van der Waals surface area (Å²) < 4.78 is 36.3. The highest BCUT2D eigenvalue weighted by Crippen LogP contribution is 2.30. The lowest BCUT2D eigenvalue weighted by molar-refractivity contribution is -0.122. The number of hydrogen-bond acceptors (Lipinski definition) is 6.